The van der Waals surface area contributed by atoms with Crippen molar-refractivity contribution in [3.63, 3.8) is 0 Å². The number of carbonyl (C=O) groups excluding carboxylic acids is 1. The Morgan fingerprint density at radius 3 is 2.96 bits per heavy atom. The fourth-order valence-corrected chi connectivity index (χ4v) is 2.30. The predicted molar refractivity (Wildman–Crippen MR) is 80.6 cm³/mol. The van der Waals surface area contributed by atoms with Crippen molar-refractivity contribution >= 4 is 18.0 Å². The smallest absolute Gasteiger partial charge is 0.306 e. The Balaban J connectivity index is 1.97. The number of halogens is 1. The summed E-state index contributed by atoms with van der Waals surface area (Å²) in [7, 11) is 1.38. The van der Waals surface area contributed by atoms with Crippen LogP contribution in [0, 0.1) is 5.82 Å². The number of rotatable bonds is 5. The maximum atomic E-state index is 13.6. The summed E-state index contributed by atoms with van der Waals surface area (Å²) in [4.78, 5) is 24.3. The summed E-state index contributed by atoms with van der Waals surface area (Å²) in [6.45, 7) is 0.928. The Labute approximate surface area is 133 Å². The average molecular weight is 323 g/mol. The van der Waals surface area contributed by atoms with Crippen LogP contribution >= 0.6 is 0 Å². The van der Waals surface area contributed by atoms with Gasteiger partial charge in [0.25, 0.3) is 0 Å². The van der Waals surface area contributed by atoms with E-state index in [1.165, 1.54) is 36.3 Å². The van der Waals surface area contributed by atoms with Crippen molar-refractivity contribution in [3.8, 4) is 5.75 Å². The first kappa shape index (κ1) is 17.0. The van der Waals surface area contributed by atoms with Gasteiger partial charge in [0.1, 0.15) is 0 Å². The van der Waals surface area contributed by atoms with Gasteiger partial charge in [-0.15, -0.1) is 0 Å². The molecular formula is C16H18FNO5. The number of carboxylic acids is 1. The zero-order valence-electron chi connectivity index (χ0n) is 12.7. The van der Waals surface area contributed by atoms with Gasteiger partial charge in [-0.1, -0.05) is 6.07 Å². The lowest BCUT2D eigenvalue weighted by atomic mass is 10.1. The van der Waals surface area contributed by atoms with Crippen molar-refractivity contribution in [3.05, 3.63) is 35.7 Å². The van der Waals surface area contributed by atoms with E-state index in [0.29, 0.717) is 18.7 Å². The van der Waals surface area contributed by atoms with Crippen molar-refractivity contribution in [2.45, 2.75) is 12.5 Å². The zero-order chi connectivity index (χ0) is 16.8. The molecule has 124 valence electrons. The number of morpholine rings is 1. The third-order valence-electron chi connectivity index (χ3n) is 3.45. The predicted octanol–water partition coefficient (Wildman–Crippen LogP) is 1.55. The molecule has 1 aliphatic heterocycles. The highest BCUT2D eigenvalue weighted by Gasteiger charge is 2.24. The first-order chi connectivity index (χ1) is 11.0. The highest BCUT2D eigenvalue weighted by Crippen LogP contribution is 2.18. The molecule has 1 aliphatic rings. The molecule has 0 spiro atoms. The number of carboxylic acid groups (broad SMARTS) is 1. The van der Waals surface area contributed by atoms with Crippen molar-refractivity contribution in [2.24, 2.45) is 0 Å². The Hall–Kier alpha value is -2.41. The Bertz CT molecular complexity index is 616. The molecule has 1 fully saturated rings. The van der Waals surface area contributed by atoms with Crippen LogP contribution in [0.3, 0.4) is 0 Å². The molecule has 0 aromatic heterocycles. The summed E-state index contributed by atoms with van der Waals surface area (Å²) in [5.74, 6) is -1.60. The average Bonchev–Trinajstić information content (AvgIpc) is 2.52. The number of carbonyl (C=O) groups is 2. The standard InChI is InChI=1S/C16H18FNO5/c1-22-14-4-2-11(8-13(14)17)3-5-15(19)18-6-7-23-12(10-18)9-16(20)21/h2-5,8,12H,6-7,9-10H2,1H3,(H,20,21). The van der Waals surface area contributed by atoms with Gasteiger partial charge in [0, 0.05) is 19.2 Å². The molecule has 0 saturated carbocycles. The minimum atomic E-state index is -0.964. The number of hydrogen-bond acceptors (Lipinski definition) is 4. The molecule has 23 heavy (non-hydrogen) atoms. The monoisotopic (exact) mass is 323 g/mol. The lowest BCUT2D eigenvalue weighted by Crippen LogP contribution is -2.45. The summed E-state index contributed by atoms with van der Waals surface area (Å²) < 4.78 is 23.7. The SMILES string of the molecule is COc1ccc(C=CC(=O)N2CCOC(CC(=O)O)C2)cc1F. The van der Waals surface area contributed by atoms with Crippen LogP contribution in [0.2, 0.25) is 0 Å². The maximum Gasteiger partial charge on any atom is 0.306 e. The highest BCUT2D eigenvalue weighted by atomic mass is 19.1. The lowest BCUT2D eigenvalue weighted by molar-refractivity contribution is -0.145. The number of hydrogen-bond donors (Lipinski definition) is 1. The molecule has 0 bridgehead atoms. The normalized spacial score (nSPS) is 18.2. The summed E-state index contributed by atoms with van der Waals surface area (Å²) in [5.41, 5.74) is 0.534. The third-order valence-corrected chi connectivity index (χ3v) is 3.45. The van der Waals surface area contributed by atoms with Crippen molar-refractivity contribution < 1.29 is 28.6 Å². The van der Waals surface area contributed by atoms with Crippen LogP contribution in [0.5, 0.6) is 5.75 Å². The molecule has 1 unspecified atom stereocenters. The van der Waals surface area contributed by atoms with Gasteiger partial charge in [0.15, 0.2) is 11.6 Å². The van der Waals surface area contributed by atoms with Crippen molar-refractivity contribution in [1.29, 1.82) is 0 Å². The zero-order valence-corrected chi connectivity index (χ0v) is 12.7. The largest absolute Gasteiger partial charge is 0.494 e. The number of amides is 1. The van der Waals surface area contributed by atoms with E-state index in [1.807, 2.05) is 0 Å². The number of aliphatic carboxylic acids is 1. The number of ether oxygens (including phenoxy) is 2. The second-order valence-electron chi connectivity index (χ2n) is 5.10. The minimum Gasteiger partial charge on any atom is -0.494 e. The van der Waals surface area contributed by atoms with Gasteiger partial charge in [-0.25, -0.2) is 4.39 Å². The summed E-state index contributed by atoms with van der Waals surface area (Å²) in [6, 6.07) is 4.39. The van der Waals surface area contributed by atoms with E-state index in [9.17, 15) is 14.0 Å². The molecule has 1 atom stereocenters. The van der Waals surface area contributed by atoms with Crippen molar-refractivity contribution in [1.82, 2.24) is 4.90 Å². The Morgan fingerprint density at radius 2 is 2.30 bits per heavy atom. The van der Waals surface area contributed by atoms with Gasteiger partial charge in [0.05, 0.1) is 26.2 Å². The second kappa shape index (κ2) is 7.73. The third kappa shape index (κ3) is 4.79. The summed E-state index contributed by atoms with van der Waals surface area (Å²) in [6.07, 6.45) is 2.20. The fourth-order valence-electron chi connectivity index (χ4n) is 2.30. The molecule has 1 N–H and O–H groups in total. The van der Waals surface area contributed by atoms with Gasteiger partial charge in [-0.05, 0) is 23.8 Å². The summed E-state index contributed by atoms with van der Waals surface area (Å²) >= 11 is 0. The van der Waals surface area contributed by atoms with Gasteiger partial charge < -0.3 is 19.5 Å². The molecule has 2 rings (SSSR count). The number of benzene rings is 1. The Morgan fingerprint density at radius 1 is 1.52 bits per heavy atom. The van der Waals surface area contributed by atoms with E-state index in [1.54, 1.807) is 6.07 Å². The van der Waals surface area contributed by atoms with Crippen LogP contribution in [0.1, 0.15) is 12.0 Å². The van der Waals surface area contributed by atoms with E-state index in [2.05, 4.69) is 0 Å². The molecule has 1 heterocycles. The van der Waals surface area contributed by atoms with Crippen LogP contribution in [0.15, 0.2) is 24.3 Å². The van der Waals surface area contributed by atoms with E-state index >= 15 is 0 Å². The van der Waals surface area contributed by atoms with Gasteiger partial charge in [-0.2, -0.15) is 0 Å². The van der Waals surface area contributed by atoms with Gasteiger partial charge >= 0.3 is 5.97 Å². The first-order valence-corrected chi connectivity index (χ1v) is 7.13. The van der Waals surface area contributed by atoms with E-state index in [4.69, 9.17) is 14.6 Å². The van der Waals surface area contributed by atoms with Gasteiger partial charge in [-0.3, -0.25) is 9.59 Å². The molecule has 0 radical (unpaired) electrons. The molecule has 0 aliphatic carbocycles. The van der Waals surface area contributed by atoms with Crippen molar-refractivity contribution in [2.75, 3.05) is 26.8 Å². The quantitative estimate of drug-likeness (QED) is 0.832. The number of nitrogens with zero attached hydrogens (tertiary/aromatic N) is 1. The lowest BCUT2D eigenvalue weighted by Gasteiger charge is -2.31. The van der Waals surface area contributed by atoms with Crippen LogP contribution in [-0.4, -0.2) is 54.8 Å². The molecule has 1 aromatic carbocycles. The number of methoxy groups -OCH3 is 1. The topological polar surface area (TPSA) is 76.1 Å². The van der Waals surface area contributed by atoms with E-state index in [0.717, 1.165) is 0 Å². The fraction of sp³-hybridized carbons (Fsp3) is 0.375. The molecular weight excluding hydrogens is 305 g/mol. The minimum absolute atomic E-state index is 0.137. The van der Waals surface area contributed by atoms with Crippen LogP contribution in [0.25, 0.3) is 6.08 Å². The molecule has 1 saturated heterocycles. The molecule has 1 amide bonds. The first-order valence-electron chi connectivity index (χ1n) is 7.13. The summed E-state index contributed by atoms with van der Waals surface area (Å²) in [5, 5.41) is 8.77. The maximum absolute atomic E-state index is 13.6. The van der Waals surface area contributed by atoms with Gasteiger partial charge in [0.2, 0.25) is 5.91 Å². The Kier molecular flexibility index (Phi) is 5.70. The molecule has 6 nitrogen and oxygen atoms in total. The highest BCUT2D eigenvalue weighted by molar-refractivity contribution is 5.91. The molecule has 1 aromatic rings. The second-order valence-corrected chi connectivity index (χ2v) is 5.10. The van der Waals surface area contributed by atoms with Crippen LogP contribution in [-0.2, 0) is 14.3 Å². The molecule has 7 heteroatoms. The van der Waals surface area contributed by atoms with E-state index in [-0.39, 0.29) is 24.6 Å². The van der Waals surface area contributed by atoms with Crippen LogP contribution in [0.4, 0.5) is 4.39 Å². The van der Waals surface area contributed by atoms with Crippen LogP contribution < -0.4 is 4.74 Å². The van der Waals surface area contributed by atoms with E-state index < -0.39 is 17.9 Å².